The number of rotatable bonds is 4. The van der Waals surface area contributed by atoms with Gasteiger partial charge in [-0.1, -0.05) is 40.1 Å². The number of halogens is 1. The highest BCUT2D eigenvalue weighted by atomic mass is 79.9. The van der Waals surface area contributed by atoms with Crippen LogP contribution in [0.2, 0.25) is 0 Å². The van der Waals surface area contributed by atoms with Crippen molar-refractivity contribution in [2.24, 2.45) is 0 Å². The molecule has 2 heterocycles. The maximum absolute atomic E-state index is 12.7. The lowest BCUT2D eigenvalue weighted by atomic mass is 10.1. The van der Waals surface area contributed by atoms with Crippen LogP contribution < -0.4 is 4.90 Å². The van der Waals surface area contributed by atoms with E-state index in [0.717, 1.165) is 39.7 Å². The van der Waals surface area contributed by atoms with E-state index in [9.17, 15) is 4.79 Å². The first-order valence-corrected chi connectivity index (χ1v) is 9.44. The number of hydrogen-bond acceptors (Lipinski definition) is 4. The average molecular weight is 412 g/mol. The number of nitrogens with zero attached hydrogens (tertiary/aromatic N) is 3. The van der Waals surface area contributed by atoms with E-state index in [0.29, 0.717) is 24.7 Å². The third kappa shape index (κ3) is 3.29. The molecule has 2 aromatic carbocycles. The number of hydrogen-bond donors (Lipinski definition) is 0. The number of carbonyl (C=O) groups is 1. The van der Waals surface area contributed by atoms with E-state index < -0.39 is 0 Å². The first kappa shape index (κ1) is 17.0. The summed E-state index contributed by atoms with van der Waals surface area (Å²) in [6.45, 7) is 2.69. The highest BCUT2D eigenvalue weighted by molar-refractivity contribution is 9.10. The first-order chi connectivity index (χ1) is 12.6. The highest BCUT2D eigenvalue weighted by Crippen LogP contribution is 2.32. The number of aryl methyl sites for hydroxylation is 1. The normalized spacial score (nSPS) is 13.1. The fraction of sp³-hybridized carbons (Fsp3) is 0.250. The van der Waals surface area contributed by atoms with Crippen LogP contribution in [-0.2, 0) is 24.1 Å². The molecule has 5 nitrogen and oxygen atoms in total. The van der Waals surface area contributed by atoms with Crippen molar-refractivity contribution in [3.8, 4) is 11.4 Å². The molecular formula is C20H18BrN3O2. The number of carbonyl (C=O) groups excluding carboxylic acids is 1. The van der Waals surface area contributed by atoms with Gasteiger partial charge in [-0.15, -0.1) is 0 Å². The molecule has 1 amide bonds. The second kappa shape index (κ2) is 7.03. The van der Waals surface area contributed by atoms with Crippen LogP contribution in [0.5, 0.6) is 0 Å². The highest BCUT2D eigenvalue weighted by Gasteiger charge is 2.25. The zero-order chi connectivity index (χ0) is 18.1. The van der Waals surface area contributed by atoms with Crippen molar-refractivity contribution in [1.29, 1.82) is 0 Å². The third-order valence-electron chi connectivity index (χ3n) is 4.57. The molecule has 0 unspecified atom stereocenters. The minimum atomic E-state index is 0.117. The number of amides is 1. The monoisotopic (exact) mass is 411 g/mol. The molecule has 1 aliphatic heterocycles. The zero-order valence-corrected chi connectivity index (χ0v) is 16.0. The Morgan fingerprint density at radius 2 is 2.04 bits per heavy atom. The fourth-order valence-corrected chi connectivity index (χ4v) is 3.45. The maximum Gasteiger partial charge on any atom is 0.231 e. The molecule has 4 rings (SSSR count). The molecule has 26 heavy (non-hydrogen) atoms. The summed E-state index contributed by atoms with van der Waals surface area (Å²) in [7, 11) is 0. The summed E-state index contributed by atoms with van der Waals surface area (Å²) in [5, 5.41) is 4.03. The lowest BCUT2D eigenvalue weighted by Crippen LogP contribution is -2.30. The number of aromatic nitrogens is 2. The van der Waals surface area contributed by atoms with Gasteiger partial charge in [0.15, 0.2) is 0 Å². The molecule has 0 fully saturated rings. The predicted octanol–water partition coefficient (Wildman–Crippen LogP) is 4.19. The van der Waals surface area contributed by atoms with Crippen LogP contribution in [0.25, 0.3) is 11.4 Å². The Balaban J connectivity index is 1.54. The van der Waals surface area contributed by atoms with E-state index in [1.54, 1.807) is 0 Å². The summed E-state index contributed by atoms with van der Waals surface area (Å²) in [5.41, 5.74) is 4.07. The average Bonchev–Trinajstić information content (AvgIpc) is 3.29. The molecule has 0 bridgehead atoms. The van der Waals surface area contributed by atoms with Gasteiger partial charge in [0.25, 0.3) is 0 Å². The van der Waals surface area contributed by atoms with Gasteiger partial charge in [-0.3, -0.25) is 4.79 Å². The van der Waals surface area contributed by atoms with Gasteiger partial charge in [0, 0.05) is 28.7 Å². The summed E-state index contributed by atoms with van der Waals surface area (Å²) in [6, 6.07) is 13.9. The van der Waals surface area contributed by atoms with Gasteiger partial charge in [-0.2, -0.15) is 4.98 Å². The van der Waals surface area contributed by atoms with Gasteiger partial charge >= 0.3 is 0 Å². The van der Waals surface area contributed by atoms with Crippen LogP contribution in [0.3, 0.4) is 0 Å². The second-order valence-corrected chi connectivity index (χ2v) is 7.22. The van der Waals surface area contributed by atoms with Gasteiger partial charge in [0.05, 0.1) is 6.42 Å². The van der Waals surface area contributed by atoms with Crippen molar-refractivity contribution < 1.29 is 9.32 Å². The van der Waals surface area contributed by atoms with E-state index in [2.05, 4.69) is 32.1 Å². The quantitative estimate of drug-likeness (QED) is 0.645. The lowest BCUT2D eigenvalue weighted by molar-refractivity contribution is -0.117. The molecular weight excluding hydrogens is 394 g/mol. The third-order valence-corrected chi connectivity index (χ3v) is 5.10. The molecule has 0 radical (unpaired) electrons. The summed E-state index contributed by atoms with van der Waals surface area (Å²) < 4.78 is 6.21. The van der Waals surface area contributed by atoms with E-state index in [-0.39, 0.29) is 5.91 Å². The summed E-state index contributed by atoms with van der Waals surface area (Å²) in [4.78, 5) is 19.0. The maximum atomic E-state index is 12.7. The van der Waals surface area contributed by atoms with Gasteiger partial charge in [0.2, 0.25) is 17.6 Å². The van der Waals surface area contributed by atoms with Gasteiger partial charge in [-0.05, 0) is 47.9 Å². The molecule has 0 saturated carbocycles. The van der Waals surface area contributed by atoms with E-state index >= 15 is 0 Å². The zero-order valence-electron chi connectivity index (χ0n) is 14.4. The van der Waals surface area contributed by atoms with Crippen LogP contribution in [-0.4, -0.2) is 22.6 Å². The Hall–Kier alpha value is -2.47. The van der Waals surface area contributed by atoms with Crippen molar-refractivity contribution in [3.63, 3.8) is 0 Å². The fourth-order valence-electron chi connectivity index (χ4n) is 3.19. The molecule has 0 spiro atoms. The van der Waals surface area contributed by atoms with Crippen LogP contribution in [0, 0.1) is 0 Å². The summed E-state index contributed by atoms with van der Waals surface area (Å²) in [5.74, 6) is 1.35. The molecule has 3 aromatic rings. The molecule has 6 heteroatoms. The molecule has 1 aliphatic rings. The van der Waals surface area contributed by atoms with Crippen molar-refractivity contribution in [2.75, 3.05) is 11.4 Å². The second-order valence-electron chi connectivity index (χ2n) is 6.31. The minimum Gasteiger partial charge on any atom is -0.339 e. The van der Waals surface area contributed by atoms with E-state index in [4.69, 9.17) is 4.52 Å². The Morgan fingerprint density at radius 3 is 2.77 bits per heavy atom. The van der Waals surface area contributed by atoms with Crippen molar-refractivity contribution in [2.45, 2.75) is 26.2 Å². The van der Waals surface area contributed by atoms with Crippen molar-refractivity contribution in [1.82, 2.24) is 10.1 Å². The Kier molecular flexibility index (Phi) is 4.59. The van der Waals surface area contributed by atoms with Crippen molar-refractivity contribution >= 4 is 27.5 Å². The van der Waals surface area contributed by atoms with Gasteiger partial charge in [0.1, 0.15) is 0 Å². The summed E-state index contributed by atoms with van der Waals surface area (Å²) in [6.07, 6.45) is 1.96. The molecule has 132 valence electrons. The SMILES string of the molecule is CCc1nc(-c2ccc3c(c2)CCN3C(=O)Cc2ccc(Br)cc2)no1. The Morgan fingerprint density at radius 1 is 1.23 bits per heavy atom. The van der Waals surface area contributed by atoms with Crippen LogP contribution in [0.1, 0.15) is 23.9 Å². The lowest BCUT2D eigenvalue weighted by Gasteiger charge is -2.17. The molecule has 0 atom stereocenters. The van der Waals surface area contributed by atoms with Gasteiger partial charge in [-0.25, -0.2) is 0 Å². The van der Waals surface area contributed by atoms with Gasteiger partial charge < -0.3 is 9.42 Å². The largest absolute Gasteiger partial charge is 0.339 e. The molecule has 0 aliphatic carbocycles. The summed E-state index contributed by atoms with van der Waals surface area (Å²) >= 11 is 3.42. The van der Waals surface area contributed by atoms with Crippen LogP contribution in [0.4, 0.5) is 5.69 Å². The minimum absolute atomic E-state index is 0.117. The van der Waals surface area contributed by atoms with E-state index in [1.807, 2.05) is 48.2 Å². The van der Waals surface area contributed by atoms with Crippen LogP contribution in [0.15, 0.2) is 51.5 Å². The Labute approximate surface area is 160 Å². The Bertz CT molecular complexity index is 950. The molecule has 1 aromatic heterocycles. The number of fused-ring (bicyclic) bond motifs is 1. The number of benzene rings is 2. The first-order valence-electron chi connectivity index (χ1n) is 8.64. The smallest absolute Gasteiger partial charge is 0.231 e. The van der Waals surface area contributed by atoms with E-state index in [1.165, 1.54) is 0 Å². The van der Waals surface area contributed by atoms with Crippen molar-refractivity contribution in [3.05, 3.63) is 64.0 Å². The predicted molar refractivity (Wildman–Crippen MR) is 103 cm³/mol. The van der Waals surface area contributed by atoms with Crippen LogP contribution >= 0.6 is 15.9 Å². The number of anilines is 1. The molecule has 0 N–H and O–H groups in total. The molecule has 0 saturated heterocycles. The standard InChI is InChI=1S/C20H18BrN3O2/c1-2-18-22-20(23-26-18)15-5-8-17-14(12-15)9-10-24(17)19(25)11-13-3-6-16(21)7-4-13/h3-8,12H,2,9-11H2,1H3. The topological polar surface area (TPSA) is 59.2 Å².